The largest absolute Gasteiger partial charge is 0.478 e. The standard InChI is InChI=1S/C17H15ClN2O3/c1-10-6-7-12(11(18)8-10)19-16(21)9-15-17(22)20-13-4-2-3-5-14(13)23-15/h2-8,15H,9H2,1H3,(H,19,21)(H,20,22)/t15-/m1/s1. The summed E-state index contributed by atoms with van der Waals surface area (Å²) in [6, 6.07) is 12.4. The van der Waals surface area contributed by atoms with Crippen LogP contribution in [0.1, 0.15) is 12.0 Å². The molecule has 6 heteroatoms. The van der Waals surface area contributed by atoms with Crippen molar-refractivity contribution >= 4 is 34.8 Å². The Bertz CT molecular complexity index is 776. The van der Waals surface area contributed by atoms with Gasteiger partial charge in [-0.3, -0.25) is 9.59 Å². The van der Waals surface area contributed by atoms with Crippen LogP contribution in [-0.4, -0.2) is 17.9 Å². The fourth-order valence-electron chi connectivity index (χ4n) is 2.32. The molecule has 0 fully saturated rings. The molecular formula is C17H15ClN2O3. The quantitative estimate of drug-likeness (QED) is 0.906. The van der Waals surface area contributed by atoms with E-state index < -0.39 is 6.10 Å². The summed E-state index contributed by atoms with van der Waals surface area (Å²) in [7, 11) is 0. The smallest absolute Gasteiger partial charge is 0.266 e. The number of fused-ring (bicyclic) bond motifs is 1. The van der Waals surface area contributed by atoms with Crippen LogP contribution in [0.15, 0.2) is 42.5 Å². The molecule has 0 spiro atoms. The Morgan fingerprint density at radius 1 is 1.30 bits per heavy atom. The van der Waals surface area contributed by atoms with Gasteiger partial charge in [0.2, 0.25) is 5.91 Å². The first-order valence-electron chi connectivity index (χ1n) is 7.15. The van der Waals surface area contributed by atoms with E-state index in [0.29, 0.717) is 22.1 Å². The van der Waals surface area contributed by atoms with Crippen molar-refractivity contribution in [2.75, 3.05) is 10.6 Å². The van der Waals surface area contributed by atoms with E-state index >= 15 is 0 Å². The lowest BCUT2D eigenvalue weighted by Crippen LogP contribution is -2.39. The third-order valence-electron chi connectivity index (χ3n) is 3.48. The lowest BCUT2D eigenvalue weighted by atomic mass is 10.1. The summed E-state index contributed by atoms with van der Waals surface area (Å²) in [5, 5.41) is 5.88. The third kappa shape index (κ3) is 3.46. The van der Waals surface area contributed by atoms with Gasteiger partial charge in [-0.05, 0) is 36.8 Å². The zero-order valence-electron chi connectivity index (χ0n) is 12.4. The molecule has 1 heterocycles. The maximum Gasteiger partial charge on any atom is 0.266 e. The van der Waals surface area contributed by atoms with Crippen LogP contribution in [0.3, 0.4) is 0 Å². The Morgan fingerprint density at radius 2 is 2.09 bits per heavy atom. The van der Waals surface area contributed by atoms with Gasteiger partial charge in [-0.15, -0.1) is 0 Å². The van der Waals surface area contributed by atoms with E-state index in [4.69, 9.17) is 16.3 Å². The molecule has 2 aromatic rings. The van der Waals surface area contributed by atoms with E-state index in [1.807, 2.05) is 13.0 Å². The zero-order valence-corrected chi connectivity index (χ0v) is 13.2. The number of hydrogen-bond acceptors (Lipinski definition) is 3. The van der Waals surface area contributed by atoms with Gasteiger partial charge in [0.1, 0.15) is 5.75 Å². The van der Waals surface area contributed by atoms with Crippen molar-refractivity contribution in [2.45, 2.75) is 19.4 Å². The highest BCUT2D eigenvalue weighted by Gasteiger charge is 2.29. The fraction of sp³-hybridized carbons (Fsp3) is 0.176. The van der Waals surface area contributed by atoms with Crippen molar-refractivity contribution in [1.29, 1.82) is 0 Å². The molecule has 118 valence electrons. The number of halogens is 1. The van der Waals surface area contributed by atoms with Crippen molar-refractivity contribution in [2.24, 2.45) is 0 Å². The molecule has 0 unspecified atom stereocenters. The van der Waals surface area contributed by atoms with E-state index in [1.54, 1.807) is 36.4 Å². The van der Waals surface area contributed by atoms with Crippen LogP contribution in [0.25, 0.3) is 0 Å². The average molecular weight is 331 g/mol. The molecule has 0 aromatic heterocycles. The minimum atomic E-state index is -0.867. The first-order valence-corrected chi connectivity index (χ1v) is 7.53. The maximum absolute atomic E-state index is 12.1. The van der Waals surface area contributed by atoms with E-state index in [-0.39, 0.29) is 18.2 Å². The number of rotatable bonds is 3. The molecule has 5 nitrogen and oxygen atoms in total. The van der Waals surface area contributed by atoms with Crippen LogP contribution in [0.5, 0.6) is 5.75 Å². The number of ether oxygens (including phenoxy) is 1. The van der Waals surface area contributed by atoms with Crippen molar-refractivity contribution in [3.8, 4) is 5.75 Å². The molecule has 0 aliphatic carbocycles. The van der Waals surface area contributed by atoms with Gasteiger partial charge >= 0.3 is 0 Å². The average Bonchev–Trinajstić information content (AvgIpc) is 2.51. The first-order chi connectivity index (χ1) is 11.0. The Labute approximate surface area is 138 Å². The molecule has 0 saturated carbocycles. The van der Waals surface area contributed by atoms with E-state index in [2.05, 4.69) is 10.6 Å². The van der Waals surface area contributed by atoms with Gasteiger partial charge in [-0.1, -0.05) is 29.8 Å². The number of benzene rings is 2. The topological polar surface area (TPSA) is 67.4 Å². The van der Waals surface area contributed by atoms with E-state index in [9.17, 15) is 9.59 Å². The molecule has 2 amide bonds. The highest BCUT2D eigenvalue weighted by atomic mass is 35.5. The maximum atomic E-state index is 12.1. The molecule has 23 heavy (non-hydrogen) atoms. The lowest BCUT2D eigenvalue weighted by Gasteiger charge is -2.25. The highest BCUT2D eigenvalue weighted by Crippen LogP contribution is 2.30. The molecule has 2 N–H and O–H groups in total. The van der Waals surface area contributed by atoms with Crippen molar-refractivity contribution in [1.82, 2.24) is 0 Å². The summed E-state index contributed by atoms with van der Waals surface area (Å²) in [5.74, 6) is -0.123. The number of para-hydroxylation sites is 2. The van der Waals surface area contributed by atoms with Crippen LogP contribution in [0, 0.1) is 6.92 Å². The number of nitrogens with one attached hydrogen (secondary N) is 2. The van der Waals surface area contributed by atoms with Crippen LogP contribution >= 0.6 is 11.6 Å². The van der Waals surface area contributed by atoms with Crippen molar-refractivity contribution < 1.29 is 14.3 Å². The second kappa shape index (κ2) is 6.30. The Balaban J connectivity index is 1.67. The molecule has 0 bridgehead atoms. The Kier molecular flexibility index (Phi) is 4.21. The van der Waals surface area contributed by atoms with Gasteiger partial charge < -0.3 is 15.4 Å². The number of aryl methyl sites for hydroxylation is 1. The van der Waals surface area contributed by atoms with Crippen LogP contribution in [0.4, 0.5) is 11.4 Å². The molecule has 1 aliphatic heterocycles. The number of amides is 2. The molecule has 0 saturated heterocycles. The fourth-order valence-corrected chi connectivity index (χ4v) is 2.60. The minimum Gasteiger partial charge on any atom is -0.478 e. The van der Waals surface area contributed by atoms with E-state index in [1.165, 1.54) is 0 Å². The minimum absolute atomic E-state index is 0.0929. The molecular weight excluding hydrogens is 316 g/mol. The monoisotopic (exact) mass is 330 g/mol. The Morgan fingerprint density at radius 3 is 2.87 bits per heavy atom. The summed E-state index contributed by atoms with van der Waals surface area (Å²) in [6.45, 7) is 1.91. The van der Waals surface area contributed by atoms with Crippen LogP contribution in [-0.2, 0) is 9.59 Å². The number of anilines is 2. The molecule has 1 atom stereocenters. The van der Waals surface area contributed by atoms with Crippen LogP contribution < -0.4 is 15.4 Å². The van der Waals surface area contributed by atoms with E-state index in [0.717, 1.165) is 5.56 Å². The number of carbonyl (C=O) groups is 2. The summed E-state index contributed by atoms with van der Waals surface area (Å²) in [4.78, 5) is 24.2. The predicted molar refractivity (Wildman–Crippen MR) is 88.9 cm³/mol. The van der Waals surface area contributed by atoms with Gasteiger partial charge in [0.05, 0.1) is 22.8 Å². The number of carbonyl (C=O) groups excluding carboxylic acids is 2. The lowest BCUT2D eigenvalue weighted by molar-refractivity contribution is -0.128. The third-order valence-corrected chi connectivity index (χ3v) is 3.79. The van der Waals surface area contributed by atoms with Gasteiger partial charge in [-0.2, -0.15) is 0 Å². The van der Waals surface area contributed by atoms with Gasteiger partial charge in [-0.25, -0.2) is 0 Å². The summed E-state index contributed by atoms with van der Waals surface area (Å²) in [6.07, 6.45) is -0.959. The summed E-state index contributed by atoms with van der Waals surface area (Å²) in [5.41, 5.74) is 2.12. The highest BCUT2D eigenvalue weighted by molar-refractivity contribution is 6.33. The second-order valence-corrected chi connectivity index (χ2v) is 5.73. The first kappa shape index (κ1) is 15.4. The Hall–Kier alpha value is -2.53. The second-order valence-electron chi connectivity index (χ2n) is 5.33. The normalized spacial score (nSPS) is 16.1. The molecule has 1 aliphatic rings. The summed E-state index contributed by atoms with van der Waals surface area (Å²) >= 11 is 6.09. The predicted octanol–water partition coefficient (Wildman–Crippen LogP) is 3.38. The van der Waals surface area contributed by atoms with Crippen molar-refractivity contribution in [3.05, 3.63) is 53.1 Å². The SMILES string of the molecule is Cc1ccc(NC(=O)C[C@H]2Oc3ccccc3NC2=O)c(Cl)c1. The van der Waals surface area contributed by atoms with Crippen molar-refractivity contribution in [3.63, 3.8) is 0 Å². The van der Waals surface area contributed by atoms with Gasteiger partial charge in [0, 0.05) is 0 Å². The number of hydrogen-bond donors (Lipinski definition) is 2. The molecule has 3 rings (SSSR count). The molecule has 2 aromatic carbocycles. The van der Waals surface area contributed by atoms with Crippen LogP contribution in [0.2, 0.25) is 5.02 Å². The zero-order chi connectivity index (χ0) is 16.4. The van der Waals surface area contributed by atoms with Gasteiger partial charge in [0.25, 0.3) is 5.91 Å². The molecule has 0 radical (unpaired) electrons. The summed E-state index contributed by atoms with van der Waals surface area (Å²) < 4.78 is 5.60. The van der Waals surface area contributed by atoms with Gasteiger partial charge in [0.15, 0.2) is 6.10 Å².